The predicted octanol–water partition coefficient (Wildman–Crippen LogP) is 2.11. The van der Waals surface area contributed by atoms with E-state index in [1.54, 1.807) is 20.9 Å². The van der Waals surface area contributed by atoms with Gasteiger partial charge < -0.3 is 5.73 Å². The average Bonchev–Trinajstić information content (AvgIpc) is 2.63. The van der Waals surface area contributed by atoms with Crippen molar-refractivity contribution in [3.63, 3.8) is 0 Å². The number of nitrogens with two attached hydrogens (primary N) is 1. The molecule has 0 saturated carbocycles. The number of halogens is 1. The molecule has 0 aliphatic heterocycles. The smallest absolute Gasteiger partial charge is 0.246 e. The Bertz CT molecular complexity index is 770. The number of nitrogens with zero attached hydrogens (tertiary/aromatic N) is 2. The number of anilines is 1. The zero-order valence-electron chi connectivity index (χ0n) is 12.0. The first kappa shape index (κ1) is 16.0. The Kier molecular flexibility index (Phi) is 4.40. The molecule has 0 radical (unpaired) electrons. The monoisotopic (exact) mass is 372 g/mol. The zero-order valence-corrected chi connectivity index (χ0v) is 14.4. The molecule has 21 heavy (non-hydrogen) atoms. The predicted molar refractivity (Wildman–Crippen MR) is 85.2 cm³/mol. The lowest BCUT2D eigenvalue weighted by Gasteiger charge is -2.15. The third-order valence-corrected chi connectivity index (χ3v) is 5.45. The molecule has 8 heteroatoms. The molecule has 6 nitrogen and oxygen atoms in total. The number of sulfonamides is 1. The van der Waals surface area contributed by atoms with Crippen molar-refractivity contribution in [2.75, 3.05) is 5.73 Å². The van der Waals surface area contributed by atoms with Crippen LogP contribution in [-0.2, 0) is 17.1 Å². The summed E-state index contributed by atoms with van der Waals surface area (Å²) in [5.74, 6) is 0.00365. The third kappa shape index (κ3) is 3.28. The summed E-state index contributed by atoms with van der Waals surface area (Å²) in [7, 11) is -2.08. The van der Waals surface area contributed by atoms with E-state index in [-0.39, 0.29) is 16.8 Å². The fraction of sp³-hybridized carbons (Fsp3) is 0.308. The van der Waals surface area contributed by atoms with Gasteiger partial charge in [-0.2, -0.15) is 5.10 Å². The molecule has 0 bridgehead atoms. The summed E-state index contributed by atoms with van der Waals surface area (Å²) in [6, 6.07) is 7.08. The minimum atomic E-state index is -3.73. The van der Waals surface area contributed by atoms with Gasteiger partial charge >= 0.3 is 0 Å². The Labute approximate surface area is 132 Å². The number of nitrogens with one attached hydrogen (secondary N) is 1. The molecule has 3 N–H and O–H groups in total. The number of benzene rings is 1. The first-order chi connectivity index (χ1) is 9.72. The van der Waals surface area contributed by atoms with Crippen LogP contribution in [0, 0.1) is 6.92 Å². The maximum Gasteiger partial charge on any atom is 0.246 e. The van der Waals surface area contributed by atoms with Gasteiger partial charge in [-0.05, 0) is 31.5 Å². The van der Waals surface area contributed by atoms with Crippen molar-refractivity contribution >= 4 is 31.8 Å². The van der Waals surface area contributed by atoms with Gasteiger partial charge in [0.25, 0.3) is 0 Å². The maximum atomic E-state index is 12.5. The third-order valence-electron chi connectivity index (χ3n) is 3.25. The van der Waals surface area contributed by atoms with Gasteiger partial charge in [0, 0.05) is 17.6 Å². The maximum absolute atomic E-state index is 12.5. The Morgan fingerprint density at radius 3 is 2.62 bits per heavy atom. The highest BCUT2D eigenvalue weighted by Gasteiger charge is 2.26. The summed E-state index contributed by atoms with van der Waals surface area (Å²) in [4.78, 5) is 0.0341. The highest BCUT2D eigenvalue weighted by atomic mass is 79.9. The van der Waals surface area contributed by atoms with Crippen LogP contribution in [0.1, 0.15) is 24.2 Å². The molecule has 0 spiro atoms. The van der Waals surface area contributed by atoms with Crippen LogP contribution < -0.4 is 10.5 Å². The van der Waals surface area contributed by atoms with Crippen LogP contribution in [0.4, 0.5) is 5.82 Å². The van der Waals surface area contributed by atoms with Crippen molar-refractivity contribution < 1.29 is 8.42 Å². The van der Waals surface area contributed by atoms with E-state index in [4.69, 9.17) is 5.73 Å². The molecular formula is C13H17BrN4O2S. The molecule has 1 aromatic heterocycles. The molecule has 0 aliphatic rings. The largest absolute Gasteiger partial charge is 0.381 e. The van der Waals surface area contributed by atoms with E-state index in [9.17, 15) is 8.42 Å². The Balaban J connectivity index is 2.33. The first-order valence-electron chi connectivity index (χ1n) is 6.29. The van der Waals surface area contributed by atoms with Crippen LogP contribution in [0.3, 0.4) is 0 Å². The Morgan fingerprint density at radius 1 is 1.43 bits per heavy atom. The standard InChI is InChI=1S/C13H17BrN4O2S/c1-8(10-5-4-6-11(14)7-10)17-21(19,20)12-9(2)18(3)16-13(12)15/h4-8,17H,1-3H3,(H2,15,16). The van der Waals surface area contributed by atoms with Gasteiger partial charge in [-0.1, -0.05) is 28.1 Å². The molecule has 114 valence electrons. The molecule has 0 fully saturated rings. The van der Waals surface area contributed by atoms with Gasteiger partial charge in [-0.3, -0.25) is 4.68 Å². The minimum Gasteiger partial charge on any atom is -0.381 e. The van der Waals surface area contributed by atoms with Gasteiger partial charge in [0.05, 0.1) is 5.69 Å². The van der Waals surface area contributed by atoms with Crippen molar-refractivity contribution in [2.24, 2.45) is 7.05 Å². The van der Waals surface area contributed by atoms with Crippen LogP contribution in [0.15, 0.2) is 33.6 Å². The van der Waals surface area contributed by atoms with E-state index in [1.807, 2.05) is 24.3 Å². The number of rotatable bonds is 4. The average molecular weight is 373 g/mol. The molecule has 0 saturated heterocycles. The molecule has 1 unspecified atom stereocenters. The quantitative estimate of drug-likeness (QED) is 0.859. The van der Waals surface area contributed by atoms with Crippen molar-refractivity contribution in [2.45, 2.75) is 24.8 Å². The highest BCUT2D eigenvalue weighted by molar-refractivity contribution is 9.10. The van der Waals surface area contributed by atoms with Crippen molar-refractivity contribution in [3.8, 4) is 0 Å². The summed E-state index contributed by atoms with van der Waals surface area (Å²) >= 11 is 3.37. The molecule has 0 amide bonds. The number of hydrogen-bond acceptors (Lipinski definition) is 4. The van der Waals surface area contributed by atoms with Gasteiger partial charge in [0.15, 0.2) is 5.82 Å². The lowest BCUT2D eigenvalue weighted by molar-refractivity contribution is 0.566. The molecule has 0 aliphatic carbocycles. The Morgan fingerprint density at radius 2 is 2.10 bits per heavy atom. The fourth-order valence-electron chi connectivity index (χ4n) is 2.08. The molecule has 1 aromatic carbocycles. The normalized spacial score (nSPS) is 13.3. The fourth-order valence-corrected chi connectivity index (χ4v) is 4.06. The molecule has 2 aromatic rings. The van der Waals surface area contributed by atoms with E-state index in [0.29, 0.717) is 5.69 Å². The molecule has 1 atom stereocenters. The summed E-state index contributed by atoms with van der Waals surface area (Å²) < 4.78 is 30.0. The summed E-state index contributed by atoms with van der Waals surface area (Å²) in [5.41, 5.74) is 7.06. The van der Waals surface area contributed by atoms with Crippen molar-refractivity contribution in [1.29, 1.82) is 0 Å². The van der Waals surface area contributed by atoms with Gasteiger partial charge in [0.2, 0.25) is 10.0 Å². The zero-order chi connectivity index (χ0) is 15.8. The summed E-state index contributed by atoms with van der Waals surface area (Å²) in [6.07, 6.45) is 0. The molecule has 1 heterocycles. The van der Waals surface area contributed by atoms with Gasteiger partial charge in [0.1, 0.15) is 4.90 Å². The van der Waals surface area contributed by atoms with Crippen LogP contribution in [0.2, 0.25) is 0 Å². The number of aryl methyl sites for hydroxylation is 1. The van der Waals surface area contributed by atoms with Gasteiger partial charge in [-0.15, -0.1) is 0 Å². The SMILES string of the molecule is Cc1c(S(=O)(=O)NC(C)c2cccc(Br)c2)c(N)nn1C. The van der Waals surface area contributed by atoms with Gasteiger partial charge in [-0.25, -0.2) is 13.1 Å². The summed E-state index contributed by atoms with van der Waals surface area (Å²) in [6.45, 7) is 3.45. The number of aromatic nitrogens is 2. The van der Waals surface area contributed by atoms with E-state index >= 15 is 0 Å². The highest BCUT2D eigenvalue weighted by Crippen LogP contribution is 2.24. The second-order valence-corrected chi connectivity index (χ2v) is 7.39. The van der Waals surface area contributed by atoms with Crippen LogP contribution >= 0.6 is 15.9 Å². The second-order valence-electron chi connectivity index (χ2n) is 4.82. The molecular weight excluding hydrogens is 356 g/mol. The number of hydrogen-bond donors (Lipinski definition) is 2. The van der Waals surface area contributed by atoms with Crippen molar-refractivity contribution in [3.05, 3.63) is 40.0 Å². The Hall–Kier alpha value is -1.38. The number of nitrogen functional groups attached to an aromatic ring is 1. The van der Waals surface area contributed by atoms with E-state index in [1.165, 1.54) is 4.68 Å². The topological polar surface area (TPSA) is 90.0 Å². The second kappa shape index (κ2) is 5.78. The van der Waals surface area contributed by atoms with Crippen LogP contribution in [0.25, 0.3) is 0 Å². The first-order valence-corrected chi connectivity index (χ1v) is 8.57. The lowest BCUT2D eigenvalue weighted by atomic mass is 10.1. The van der Waals surface area contributed by atoms with E-state index in [0.717, 1.165) is 10.0 Å². The van der Waals surface area contributed by atoms with E-state index in [2.05, 4.69) is 25.8 Å². The lowest BCUT2D eigenvalue weighted by Crippen LogP contribution is -2.27. The molecule has 2 rings (SSSR count). The van der Waals surface area contributed by atoms with Crippen LogP contribution in [0.5, 0.6) is 0 Å². The van der Waals surface area contributed by atoms with E-state index < -0.39 is 10.0 Å². The summed E-state index contributed by atoms with van der Waals surface area (Å²) in [5, 5.41) is 3.94. The minimum absolute atomic E-state index is 0.00365. The van der Waals surface area contributed by atoms with Crippen LogP contribution in [-0.4, -0.2) is 18.2 Å². The van der Waals surface area contributed by atoms with Crippen molar-refractivity contribution in [1.82, 2.24) is 14.5 Å².